The molecule has 5 rings (SSSR count). The van der Waals surface area contributed by atoms with Crippen molar-refractivity contribution in [3.63, 3.8) is 0 Å². The summed E-state index contributed by atoms with van der Waals surface area (Å²) in [6.07, 6.45) is 7.60. The molecule has 146 valence electrons. The number of hydrogen-bond acceptors (Lipinski definition) is 3. The summed E-state index contributed by atoms with van der Waals surface area (Å²) in [5, 5.41) is 3.02. The van der Waals surface area contributed by atoms with Gasteiger partial charge in [0.25, 0.3) is 5.91 Å². The van der Waals surface area contributed by atoms with Crippen molar-refractivity contribution >= 4 is 11.9 Å². The Balaban J connectivity index is 1.32. The van der Waals surface area contributed by atoms with E-state index in [0.29, 0.717) is 17.8 Å². The molecular formula is C23H31NO3. The van der Waals surface area contributed by atoms with Crippen LogP contribution in [0.4, 0.5) is 0 Å². The second-order valence-electron chi connectivity index (χ2n) is 9.21. The van der Waals surface area contributed by atoms with Crippen LogP contribution in [0.2, 0.25) is 0 Å². The zero-order valence-electron chi connectivity index (χ0n) is 16.5. The standard InChI is InChI=1S/C23H31NO3/c1-3-20(19-6-4-15(2)5-7-19)24-21(25)14-27-22(26)23-11-16-8-17(12-23)10-18(9-16)13-23/h4-7,16-18,20H,3,8-14H2,1-2H3,(H,24,25)/t16?,17?,18?,20-,23?/m1/s1. The van der Waals surface area contributed by atoms with Crippen LogP contribution in [0.1, 0.15) is 69.0 Å². The third-order valence-electron chi connectivity index (χ3n) is 7.03. The molecule has 0 radical (unpaired) electrons. The first kappa shape index (κ1) is 18.5. The van der Waals surface area contributed by atoms with Gasteiger partial charge in [0.1, 0.15) is 0 Å². The Morgan fingerprint density at radius 1 is 1.07 bits per heavy atom. The lowest BCUT2D eigenvalue weighted by molar-refractivity contribution is -0.173. The van der Waals surface area contributed by atoms with E-state index in [4.69, 9.17) is 4.74 Å². The average Bonchev–Trinajstić information content (AvgIpc) is 2.64. The summed E-state index contributed by atoms with van der Waals surface area (Å²) in [5.74, 6) is 1.76. The molecule has 4 aliphatic carbocycles. The summed E-state index contributed by atoms with van der Waals surface area (Å²) in [6, 6.07) is 8.15. The van der Waals surface area contributed by atoms with Gasteiger partial charge in [-0.25, -0.2) is 0 Å². The summed E-state index contributed by atoms with van der Waals surface area (Å²) >= 11 is 0. The van der Waals surface area contributed by atoms with E-state index in [1.807, 2.05) is 26.0 Å². The summed E-state index contributed by atoms with van der Waals surface area (Å²) in [4.78, 5) is 25.3. The molecule has 27 heavy (non-hydrogen) atoms. The van der Waals surface area contributed by atoms with Crippen LogP contribution < -0.4 is 5.32 Å². The van der Waals surface area contributed by atoms with Crippen molar-refractivity contribution in [3.05, 3.63) is 35.4 Å². The largest absolute Gasteiger partial charge is 0.455 e. The number of amides is 1. The highest BCUT2D eigenvalue weighted by molar-refractivity contribution is 5.83. The molecule has 1 amide bonds. The van der Waals surface area contributed by atoms with Gasteiger partial charge in [0.15, 0.2) is 6.61 Å². The average molecular weight is 370 g/mol. The number of carbonyl (C=O) groups is 2. The Morgan fingerprint density at radius 3 is 2.15 bits per heavy atom. The molecule has 1 N–H and O–H groups in total. The first-order valence-electron chi connectivity index (χ1n) is 10.5. The van der Waals surface area contributed by atoms with Crippen LogP contribution in [0.5, 0.6) is 0 Å². The van der Waals surface area contributed by atoms with E-state index in [2.05, 4.69) is 17.4 Å². The van der Waals surface area contributed by atoms with E-state index in [1.165, 1.54) is 24.8 Å². The van der Waals surface area contributed by atoms with Gasteiger partial charge < -0.3 is 10.1 Å². The number of nitrogens with one attached hydrogen (secondary N) is 1. The van der Waals surface area contributed by atoms with Gasteiger partial charge in [-0.3, -0.25) is 9.59 Å². The van der Waals surface area contributed by atoms with E-state index in [1.54, 1.807) is 0 Å². The molecule has 4 nitrogen and oxygen atoms in total. The molecule has 4 heteroatoms. The molecule has 4 aliphatic rings. The lowest BCUT2D eigenvalue weighted by atomic mass is 9.49. The highest BCUT2D eigenvalue weighted by Crippen LogP contribution is 2.60. The number of esters is 1. The molecule has 4 fully saturated rings. The number of benzene rings is 1. The van der Waals surface area contributed by atoms with Gasteiger partial charge in [-0.2, -0.15) is 0 Å². The van der Waals surface area contributed by atoms with Crippen molar-refractivity contribution in [3.8, 4) is 0 Å². The van der Waals surface area contributed by atoms with E-state index in [0.717, 1.165) is 31.2 Å². The molecule has 1 aromatic carbocycles. The van der Waals surface area contributed by atoms with Gasteiger partial charge in [0.05, 0.1) is 11.5 Å². The zero-order chi connectivity index (χ0) is 19.0. The molecule has 1 aromatic rings. The monoisotopic (exact) mass is 369 g/mol. The number of ether oxygens (including phenoxy) is 1. The predicted octanol–water partition coefficient (Wildman–Crippen LogP) is 4.32. The fourth-order valence-electron chi connectivity index (χ4n) is 6.10. The fraction of sp³-hybridized carbons (Fsp3) is 0.652. The molecule has 0 saturated heterocycles. The van der Waals surface area contributed by atoms with Gasteiger partial charge in [-0.05, 0) is 75.2 Å². The minimum absolute atomic E-state index is 0.0450. The number of rotatable bonds is 6. The van der Waals surface area contributed by atoms with Crippen molar-refractivity contribution in [1.82, 2.24) is 5.32 Å². The molecule has 0 aliphatic heterocycles. The number of hydrogen-bond donors (Lipinski definition) is 1. The third kappa shape index (κ3) is 3.76. The maximum absolute atomic E-state index is 12.9. The molecular weight excluding hydrogens is 338 g/mol. The van der Waals surface area contributed by atoms with E-state index in [9.17, 15) is 9.59 Å². The van der Waals surface area contributed by atoms with Crippen molar-refractivity contribution in [2.75, 3.05) is 6.61 Å². The van der Waals surface area contributed by atoms with E-state index in [-0.39, 0.29) is 29.9 Å². The Hall–Kier alpha value is -1.84. The molecule has 4 saturated carbocycles. The van der Waals surface area contributed by atoms with E-state index < -0.39 is 0 Å². The smallest absolute Gasteiger partial charge is 0.312 e. The van der Waals surface area contributed by atoms with Crippen molar-refractivity contribution in [2.45, 2.75) is 64.8 Å². The van der Waals surface area contributed by atoms with E-state index >= 15 is 0 Å². The van der Waals surface area contributed by atoms with Crippen LogP contribution in [-0.4, -0.2) is 18.5 Å². The van der Waals surface area contributed by atoms with Crippen LogP contribution in [0.25, 0.3) is 0 Å². The maximum Gasteiger partial charge on any atom is 0.312 e. The van der Waals surface area contributed by atoms with Gasteiger partial charge in [-0.15, -0.1) is 0 Å². The van der Waals surface area contributed by atoms with Crippen LogP contribution in [0.15, 0.2) is 24.3 Å². The van der Waals surface area contributed by atoms with Gasteiger partial charge in [0.2, 0.25) is 0 Å². The van der Waals surface area contributed by atoms with Crippen LogP contribution in [0, 0.1) is 30.1 Å². The molecule has 0 aromatic heterocycles. The number of carbonyl (C=O) groups excluding carboxylic acids is 2. The Bertz CT molecular complexity index is 674. The molecule has 0 heterocycles. The SMILES string of the molecule is CC[C@@H](NC(=O)COC(=O)C12CC3CC(CC(C3)C1)C2)c1ccc(C)cc1. The van der Waals surface area contributed by atoms with Crippen molar-refractivity contribution in [2.24, 2.45) is 23.2 Å². The minimum Gasteiger partial charge on any atom is -0.455 e. The summed E-state index contributed by atoms with van der Waals surface area (Å²) in [5.41, 5.74) is 1.99. The van der Waals surface area contributed by atoms with Crippen LogP contribution >= 0.6 is 0 Å². The highest BCUT2D eigenvalue weighted by atomic mass is 16.5. The second-order valence-corrected chi connectivity index (χ2v) is 9.21. The quantitative estimate of drug-likeness (QED) is 0.760. The van der Waals surface area contributed by atoms with Crippen LogP contribution in [0.3, 0.4) is 0 Å². The Morgan fingerprint density at radius 2 is 1.63 bits per heavy atom. The van der Waals surface area contributed by atoms with Crippen molar-refractivity contribution < 1.29 is 14.3 Å². The number of aryl methyl sites for hydroxylation is 1. The fourth-order valence-corrected chi connectivity index (χ4v) is 6.10. The minimum atomic E-state index is -0.295. The highest BCUT2D eigenvalue weighted by Gasteiger charge is 2.55. The van der Waals surface area contributed by atoms with Crippen molar-refractivity contribution in [1.29, 1.82) is 0 Å². The molecule has 0 spiro atoms. The molecule has 1 atom stereocenters. The Labute approximate surface area is 162 Å². The lowest BCUT2D eigenvalue weighted by Gasteiger charge is -2.55. The maximum atomic E-state index is 12.9. The van der Waals surface area contributed by atoms with Gasteiger partial charge >= 0.3 is 5.97 Å². The molecule has 4 bridgehead atoms. The summed E-state index contributed by atoms with van der Waals surface area (Å²) in [7, 11) is 0. The first-order chi connectivity index (χ1) is 13.0. The van der Waals surface area contributed by atoms with Crippen LogP contribution in [-0.2, 0) is 14.3 Å². The predicted molar refractivity (Wildman–Crippen MR) is 104 cm³/mol. The Kier molecular flexibility index (Phi) is 5.00. The first-order valence-corrected chi connectivity index (χ1v) is 10.5. The lowest BCUT2D eigenvalue weighted by Crippen LogP contribution is -2.51. The van der Waals surface area contributed by atoms with Gasteiger partial charge in [-0.1, -0.05) is 36.8 Å². The summed E-state index contributed by atoms with van der Waals surface area (Å²) < 4.78 is 5.54. The normalized spacial score (nSPS) is 32.1. The topological polar surface area (TPSA) is 55.4 Å². The molecule has 0 unspecified atom stereocenters. The third-order valence-corrected chi connectivity index (χ3v) is 7.03. The summed E-state index contributed by atoms with van der Waals surface area (Å²) in [6.45, 7) is 3.93. The van der Waals surface area contributed by atoms with Gasteiger partial charge in [0, 0.05) is 0 Å². The second kappa shape index (κ2) is 7.29. The zero-order valence-corrected chi connectivity index (χ0v) is 16.5.